The lowest BCUT2D eigenvalue weighted by molar-refractivity contribution is 0.0650. The lowest BCUT2D eigenvalue weighted by Gasteiger charge is -2.14. The maximum absolute atomic E-state index is 11.7. The minimum absolute atomic E-state index is 0.0154. The summed E-state index contributed by atoms with van der Waals surface area (Å²) in [5.41, 5.74) is 1.61. The number of unbranched alkanes of at least 4 members (excludes halogenated alkanes) is 15. The third-order valence-corrected chi connectivity index (χ3v) is 6.65. The van der Waals surface area contributed by atoms with Gasteiger partial charge in [0.2, 0.25) is 0 Å². The Kier molecular flexibility index (Phi) is 16.4. The molecule has 0 bridgehead atoms. The van der Waals surface area contributed by atoms with E-state index in [0.717, 1.165) is 31.2 Å². The maximum Gasteiger partial charge on any atom is 0.336 e. The van der Waals surface area contributed by atoms with Crippen LogP contribution in [0.3, 0.4) is 0 Å². The predicted octanol–water partition coefficient (Wildman–Crippen LogP) is 8.84. The van der Waals surface area contributed by atoms with Gasteiger partial charge in [0, 0.05) is 0 Å². The second-order valence-electron chi connectivity index (χ2n) is 9.54. The summed E-state index contributed by atoms with van der Waals surface area (Å²) in [5.74, 6) is -2.30. The Labute approximate surface area is 202 Å². The van der Waals surface area contributed by atoms with Crippen LogP contribution in [0.4, 0.5) is 0 Å². The van der Waals surface area contributed by atoms with E-state index >= 15 is 0 Å². The Morgan fingerprint density at radius 1 is 0.576 bits per heavy atom. The van der Waals surface area contributed by atoms with Gasteiger partial charge in [-0.3, -0.25) is 0 Å². The largest absolute Gasteiger partial charge is 0.478 e. The molecule has 33 heavy (non-hydrogen) atoms. The average molecular weight is 461 g/mol. The molecule has 0 radical (unpaired) electrons. The van der Waals surface area contributed by atoms with Crippen molar-refractivity contribution in [2.45, 2.75) is 136 Å². The zero-order valence-electron chi connectivity index (χ0n) is 21.3. The zero-order valence-corrected chi connectivity index (χ0v) is 21.3. The van der Waals surface area contributed by atoms with Crippen LogP contribution in [0.5, 0.6) is 0 Å². The van der Waals surface area contributed by atoms with Crippen LogP contribution in [0.15, 0.2) is 12.1 Å². The topological polar surface area (TPSA) is 74.6 Å². The summed E-state index contributed by atoms with van der Waals surface area (Å²) < 4.78 is 0. The number of benzene rings is 1. The van der Waals surface area contributed by atoms with Crippen molar-refractivity contribution in [1.29, 1.82) is 0 Å². The second kappa shape index (κ2) is 18.6. The first-order valence-electron chi connectivity index (χ1n) is 13.6. The molecule has 4 nitrogen and oxygen atoms in total. The van der Waals surface area contributed by atoms with Gasteiger partial charge in [-0.1, -0.05) is 123 Å². The first kappa shape index (κ1) is 29.2. The Balaban J connectivity index is 2.19. The van der Waals surface area contributed by atoms with Crippen LogP contribution in [0, 0.1) is 0 Å². The molecule has 0 aliphatic carbocycles. The van der Waals surface area contributed by atoms with Gasteiger partial charge in [0.25, 0.3) is 0 Å². The van der Waals surface area contributed by atoms with E-state index in [-0.39, 0.29) is 11.1 Å². The van der Waals surface area contributed by atoms with Crippen molar-refractivity contribution >= 4 is 11.9 Å². The normalized spacial score (nSPS) is 11.1. The molecule has 0 saturated heterocycles. The molecule has 0 saturated carbocycles. The van der Waals surface area contributed by atoms with Crippen LogP contribution >= 0.6 is 0 Å². The number of hydrogen-bond donors (Lipinski definition) is 2. The highest BCUT2D eigenvalue weighted by atomic mass is 16.4. The van der Waals surface area contributed by atoms with Gasteiger partial charge in [0.1, 0.15) is 0 Å². The summed E-state index contributed by atoms with van der Waals surface area (Å²) >= 11 is 0. The van der Waals surface area contributed by atoms with E-state index in [9.17, 15) is 19.8 Å². The van der Waals surface area contributed by atoms with Crippen molar-refractivity contribution < 1.29 is 19.8 Å². The quantitative estimate of drug-likeness (QED) is 0.180. The van der Waals surface area contributed by atoms with Crippen molar-refractivity contribution in [2.24, 2.45) is 0 Å². The highest BCUT2D eigenvalue weighted by Crippen LogP contribution is 2.24. The van der Waals surface area contributed by atoms with Crippen LogP contribution in [0.25, 0.3) is 0 Å². The predicted molar refractivity (Wildman–Crippen MR) is 138 cm³/mol. The second-order valence-corrected chi connectivity index (χ2v) is 9.54. The lowest BCUT2D eigenvalue weighted by Crippen LogP contribution is -2.14. The smallest absolute Gasteiger partial charge is 0.336 e. The molecule has 1 aromatic carbocycles. The molecule has 188 valence electrons. The molecule has 1 aromatic rings. The van der Waals surface area contributed by atoms with Crippen molar-refractivity contribution in [3.8, 4) is 0 Å². The molecule has 0 aliphatic rings. The molecule has 4 heteroatoms. The molecule has 0 amide bonds. The van der Waals surface area contributed by atoms with E-state index in [2.05, 4.69) is 6.92 Å². The van der Waals surface area contributed by atoms with Gasteiger partial charge in [0.15, 0.2) is 0 Å². The molecule has 0 unspecified atom stereocenters. The molecule has 0 atom stereocenters. The molecule has 1 rings (SSSR count). The van der Waals surface area contributed by atoms with Crippen LogP contribution in [-0.4, -0.2) is 22.2 Å². The van der Waals surface area contributed by atoms with Crippen molar-refractivity contribution in [3.05, 3.63) is 34.4 Å². The summed E-state index contributed by atoms with van der Waals surface area (Å²) in [5, 5.41) is 19.0. The van der Waals surface area contributed by atoms with Crippen LogP contribution in [0.1, 0.15) is 155 Å². The zero-order chi connectivity index (χ0) is 24.3. The highest BCUT2D eigenvalue weighted by molar-refractivity contribution is 6.03. The summed E-state index contributed by atoms with van der Waals surface area (Å²) in [6.07, 6.45) is 23.5. The Morgan fingerprint density at radius 3 is 1.42 bits per heavy atom. The third kappa shape index (κ3) is 12.3. The molecule has 0 aliphatic heterocycles. The fraction of sp³-hybridized carbons (Fsp3) is 0.724. The van der Waals surface area contributed by atoms with Gasteiger partial charge in [-0.2, -0.15) is 0 Å². The minimum atomic E-state index is -1.17. The van der Waals surface area contributed by atoms with Crippen LogP contribution in [-0.2, 0) is 12.8 Å². The van der Waals surface area contributed by atoms with Crippen molar-refractivity contribution in [3.63, 3.8) is 0 Å². The standard InChI is InChI=1S/C29H48O4/c1-3-5-6-7-8-9-10-11-12-13-14-15-16-17-18-19-21-24-22-23-26(28(30)31)27(29(32)33)25(24)20-4-2/h22-23H,3-21H2,1-2H3,(H,30,31)(H,32,33). The van der Waals surface area contributed by atoms with Crippen LogP contribution < -0.4 is 0 Å². The van der Waals surface area contributed by atoms with Gasteiger partial charge in [0.05, 0.1) is 11.1 Å². The molecule has 0 fully saturated rings. The molecule has 2 N–H and O–H groups in total. The van der Waals surface area contributed by atoms with E-state index in [4.69, 9.17) is 0 Å². The van der Waals surface area contributed by atoms with E-state index in [0.29, 0.717) is 12.0 Å². The van der Waals surface area contributed by atoms with E-state index in [1.807, 2.05) is 13.0 Å². The van der Waals surface area contributed by atoms with E-state index in [1.54, 1.807) is 0 Å². The SMILES string of the molecule is CCCCCCCCCCCCCCCCCCc1ccc(C(=O)O)c(C(=O)O)c1CCC. The molecule has 0 spiro atoms. The van der Waals surface area contributed by atoms with Gasteiger partial charge in [-0.15, -0.1) is 0 Å². The number of aromatic carboxylic acids is 2. The Bertz CT molecular complexity index is 680. The average Bonchev–Trinajstić information content (AvgIpc) is 2.79. The molecular weight excluding hydrogens is 412 g/mol. The third-order valence-electron chi connectivity index (χ3n) is 6.65. The first-order chi connectivity index (χ1) is 16.0. The monoisotopic (exact) mass is 460 g/mol. The number of carboxylic acids is 2. The van der Waals surface area contributed by atoms with Gasteiger partial charge >= 0.3 is 11.9 Å². The van der Waals surface area contributed by atoms with Gasteiger partial charge in [-0.05, 0) is 36.5 Å². The van der Waals surface area contributed by atoms with Crippen molar-refractivity contribution in [1.82, 2.24) is 0 Å². The molecular formula is C29H48O4. The Hall–Kier alpha value is -1.84. The fourth-order valence-corrected chi connectivity index (χ4v) is 4.75. The lowest BCUT2D eigenvalue weighted by atomic mass is 9.90. The minimum Gasteiger partial charge on any atom is -0.478 e. The number of carbonyl (C=O) groups is 2. The van der Waals surface area contributed by atoms with E-state index in [1.165, 1.54) is 96.0 Å². The first-order valence-corrected chi connectivity index (χ1v) is 13.6. The fourth-order valence-electron chi connectivity index (χ4n) is 4.75. The number of aryl methyl sites for hydroxylation is 1. The number of rotatable bonds is 21. The van der Waals surface area contributed by atoms with Crippen LogP contribution in [0.2, 0.25) is 0 Å². The van der Waals surface area contributed by atoms with E-state index < -0.39 is 11.9 Å². The van der Waals surface area contributed by atoms with Gasteiger partial charge < -0.3 is 10.2 Å². The summed E-state index contributed by atoms with van der Waals surface area (Å²) in [6.45, 7) is 4.27. The van der Waals surface area contributed by atoms with Gasteiger partial charge in [-0.25, -0.2) is 9.59 Å². The maximum atomic E-state index is 11.7. The molecule has 0 aromatic heterocycles. The Morgan fingerprint density at radius 2 is 1.03 bits per heavy atom. The summed E-state index contributed by atoms with van der Waals surface area (Å²) in [7, 11) is 0. The summed E-state index contributed by atoms with van der Waals surface area (Å²) in [4.78, 5) is 23.2. The summed E-state index contributed by atoms with van der Waals surface area (Å²) in [6, 6.07) is 3.29. The highest BCUT2D eigenvalue weighted by Gasteiger charge is 2.22. The number of hydrogen-bond acceptors (Lipinski definition) is 2. The van der Waals surface area contributed by atoms with Crippen molar-refractivity contribution in [2.75, 3.05) is 0 Å². The molecule has 0 heterocycles. The number of carboxylic acid groups (broad SMARTS) is 2.